The Morgan fingerprint density at radius 3 is 2.70 bits per heavy atom. The number of rotatable bonds is 4. The van der Waals surface area contributed by atoms with Gasteiger partial charge in [0.2, 0.25) is 12.7 Å². The normalized spacial score (nSPS) is 12.0. The van der Waals surface area contributed by atoms with Gasteiger partial charge in [-0.15, -0.1) is 0 Å². The van der Waals surface area contributed by atoms with Crippen molar-refractivity contribution in [1.29, 1.82) is 5.26 Å². The van der Waals surface area contributed by atoms with Crippen molar-refractivity contribution in [3.8, 4) is 17.6 Å². The number of nitrogens with one attached hydrogen (secondary N) is 1. The molecular weight excluding hydrogens is 386 g/mol. The van der Waals surface area contributed by atoms with Crippen LogP contribution in [0.25, 0.3) is 10.9 Å². The van der Waals surface area contributed by atoms with E-state index in [4.69, 9.17) is 21.1 Å². The van der Waals surface area contributed by atoms with E-state index in [0.717, 1.165) is 5.39 Å². The third-order valence-electron chi connectivity index (χ3n) is 3.86. The van der Waals surface area contributed by atoms with E-state index in [9.17, 15) is 10.1 Å². The Morgan fingerprint density at radius 2 is 1.96 bits per heavy atom. The summed E-state index contributed by atoms with van der Waals surface area (Å²) in [6, 6.07) is 14.3. The van der Waals surface area contributed by atoms with E-state index in [1.807, 2.05) is 0 Å². The Bertz CT molecular complexity index is 1080. The van der Waals surface area contributed by atoms with Crippen molar-refractivity contribution in [3.63, 3.8) is 0 Å². The summed E-state index contributed by atoms with van der Waals surface area (Å²) in [6.45, 7) is 0.170. The molecule has 2 heterocycles. The first-order chi connectivity index (χ1) is 13.1. The molecule has 134 valence electrons. The van der Waals surface area contributed by atoms with E-state index in [1.54, 1.807) is 42.5 Å². The van der Waals surface area contributed by atoms with E-state index >= 15 is 0 Å². The van der Waals surface area contributed by atoms with Gasteiger partial charge in [0.1, 0.15) is 11.1 Å². The van der Waals surface area contributed by atoms with Gasteiger partial charge in [-0.2, -0.15) is 5.26 Å². The molecule has 8 heteroatoms. The second-order valence-electron chi connectivity index (χ2n) is 5.69. The van der Waals surface area contributed by atoms with Crippen LogP contribution in [0, 0.1) is 11.3 Å². The first-order valence-electron chi connectivity index (χ1n) is 7.95. The summed E-state index contributed by atoms with van der Waals surface area (Å²) in [6.07, 6.45) is 0. The molecular formula is C19H12ClN3O3S. The van der Waals surface area contributed by atoms with Crippen LogP contribution >= 0.6 is 23.4 Å². The van der Waals surface area contributed by atoms with Gasteiger partial charge in [0.05, 0.1) is 16.8 Å². The highest BCUT2D eigenvalue weighted by Crippen LogP contribution is 2.36. The maximum Gasteiger partial charge on any atom is 0.234 e. The van der Waals surface area contributed by atoms with Gasteiger partial charge < -0.3 is 14.8 Å². The molecule has 0 fully saturated rings. The maximum atomic E-state index is 12.2. The average molecular weight is 398 g/mol. The third-order valence-corrected chi connectivity index (χ3v) is 5.11. The van der Waals surface area contributed by atoms with E-state index in [-0.39, 0.29) is 18.5 Å². The van der Waals surface area contributed by atoms with Crippen molar-refractivity contribution in [2.75, 3.05) is 17.9 Å². The molecule has 1 amide bonds. The lowest BCUT2D eigenvalue weighted by Crippen LogP contribution is -2.14. The number of amides is 1. The zero-order chi connectivity index (χ0) is 18.8. The van der Waals surface area contributed by atoms with Gasteiger partial charge in [-0.25, -0.2) is 4.98 Å². The van der Waals surface area contributed by atoms with Gasteiger partial charge in [-0.05, 0) is 36.4 Å². The molecule has 0 saturated carbocycles. The molecule has 1 aliphatic rings. The fourth-order valence-corrected chi connectivity index (χ4v) is 3.49. The third kappa shape index (κ3) is 3.77. The molecule has 0 saturated heterocycles. The van der Waals surface area contributed by atoms with Gasteiger partial charge in [0, 0.05) is 22.2 Å². The lowest BCUT2D eigenvalue weighted by atomic mass is 10.1. The van der Waals surface area contributed by atoms with Gasteiger partial charge in [0.15, 0.2) is 11.5 Å². The molecule has 0 bridgehead atoms. The van der Waals surface area contributed by atoms with Crippen LogP contribution in [0.1, 0.15) is 5.56 Å². The topological polar surface area (TPSA) is 84.2 Å². The van der Waals surface area contributed by atoms with Crippen molar-refractivity contribution in [2.45, 2.75) is 5.03 Å². The lowest BCUT2D eigenvalue weighted by molar-refractivity contribution is -0.113. The number of halogens is 1. The largest absolute Gasteiger partial charge is 0.454 e. The molecule has 27 heavy (non-hydrogen) atoms. The zero-order valence-electron chi connectivity index (χ0n) is 13.9. The number of aromatic nitrogens is 1. The fraction of sp³-hybridized carbons (Fsp3) is 0.105. The summed E-state index contributed by atoms with van der Waals surface area (Å²) in [7, 11) is 0. The summed E-state index contributed by atoms with van der Waals surface area (Å²) in [4.78, 5) is 16.7. The highest BCUT2D eigenvalue weighted by Gasteiger charge is 2.17. The summed E-state index contributed by atoms with van der Waals surface area (Å²) >= 11 is 7.04. The van der Waals surface area contributed by atoms with Gasteiger partial charge >= 0.3 is 0 Å². The lowest BCUT2D eigenvalue weighted by Gasteiger charge is -2.08. The van der Waals surface area contributed by atoms with Crippen molar-refractivity contribution >= 4 is 45.9 Å². The minimum atomic E-state index is -0.196. The number of nitrogens with zero attached hydrogens (tertiary/aromatic N) is 2. The van der Waals surface area contributed by atoms with Crippen molar-refractivity contribution in [3.05, 3.63) is 53.1 Å². The van der Waals surface area contributed by atoms with Crippen LogP contribution in [-0.2, 0) is 4.79 Å². The number of carbonyl (C=O) groups excluding carboxylic acids is 1. The number of thioether (sulfide) groups is 1. The van der Waals surface area contributed by atoms with Crippen molar-refractivity contribution in [2.24, 2.45) is 0 Å². The van der Waals surface area contributed by atoms with Crippen LogP contribution in [0.15, 0.2) is 47.5 Å². The number of benzene rings is 2. The van der Waals surface area contributed by atoms with E-state index < -0.39 is 0 Å². The minimum Gasteiger partial charge on any atom is -0.454 e. The molecule has 1 aliphatic heterocycles. The SMILES string of the molecule is N#Cc1cc2cc3c(cc2nc1SCC(=O)Nc1ccc(Cl)cc1)OCO3. The highest BCUT2D eigenvalue weighted by atomic mass is 35.5. The molecule has 0 radical (unpaired) electrons. The smallest absolute Gasteiger partial charge is 0.234 e. The molecule has 0 spiro atoms. The molecule has 3 aromatic rings. The number of ether oxygens (including phenoxy) is 2. The summed E-state index contributed by atoms with van der Waals surface area (Å²) < 4.78 is 10.7. The average Bonchev–Trinajstić information content (AvgIpc) is 3.12. The monoisotopic (exact) mass is 397 g/mol. The number of nitriles is 1. The first kappa shape index (κ1) is 17.5. The standard InChI is InChI=1S/C19H12ClN3O3S/c20-13-1-3-14(4-2-13)22-18(24)9-27-19-12(8-21)5-11-6-16-17(26-10-25-16)7-15(11)23-19/h1-7H,9-10H2,(H,22,24). The van der Waals surface area contributed by atoms with Crippen LogP contribution in [0.4, 0.5) is 5.69 Å². The van der Waals surface area contributed by atoms with Crippen molar-refractivity contribution < 1.29 is 14.3 Å². The summed E-state index contributed by atoms with van der Waals surface area (Å²) in [5.74, 6) is 1.19. The van der Waals surface area contributed by atoms with Gasteiger partial charge in [-0.1, -0.05) is 23.4 Å². The Kier molecular flexibility index (Phi) is 4.75. The number of hydrogen-bond donors (Lipinski definition) is 1. The van der Waals surface area contributed by atoms with Gasteiger partial charge in [0.25, 0.3) is 0 Å². The number of carbonyl (C=O) groups is 1. The van der Waals surface area contributed by atoms with Crippen LogP contribution in [0.2, 0.25) is 5.02 Å². The van der Waals surface area contributed by atoms with E-state index in [0.29, 0.717) is 38.3 Å². The molecule has 2 aromatic carbocycles. The number of fused-ring (bicyclic) bond motifs is 2. The Morgan fingerprint density at radius 1 is 1.22 bits per heavy atom. The van der Waals surface area contributed by atoms with Crippen molar-refractivity contribution in [1.82, 2.24) is 4.98 Å². The molecule has 0 aliphatic carbocycles. The maximum absolute atomic E-state index is 12.2. The van der Waals surface area contributed by atoms with Gasteiger partial charge in [-0.3, -0.25) is 4.79 Å². The van der Waals surface area contributed by atoms with Crippen LogP contribution < -0.4 is 14.8 Å². The predicted molar refractivity (Wildman–Crippen MR) is 103 cm³/mol. The fourth-order valence-electron chi connectivity index (χ4n) is 2.60. The molecule has 1 N–H and O–H groups in total. The van der Waals surface area contributed by atoms with Crippen LogP contribution in [-0.4, -0.2) is 23.4 Å². The molecule has 4 rings (SSSR count). The first-order valence-corrected chi connectivity index (χ1v) is 9.31. The number of anilines is 1. The number of pyridine rings is 1. The summed E-state index contributed by atoms with van der Waals surface area (Å²) in [5.41, 5.74) is 1.74. The Balaban J connectivity index is 1.52. The summed E-state index contributed by atoms with van der Waals surface area (Å²) in [5, 5.41) is 14.1. The second kappa shape index (κ2) is 7.35. The van der Waals surface area contributed by atoms with Crippen LogP contribution in [0.5, 0.6) is 11.5 Å². The minimum absolute atomic E-state index is 0.125. The molecule has 1 aromatic heterocycles. The predicted octanol–water partition coefficient (Wildman–Crippen LogP) is 4.22. The second-order valence-corrected chi connectivity index (χ2v) is 7.10. The zero-order valence-corrected chi connectivity index (χ0v) is 15.4. The van der Waals surface area contributed by atoms with E-state index in [1.165, 1.54) is 11.8 Å². The Labute approximate surface area is 164 Å². The molecule has 0 unspecified atom stereocenters. The highest BCUT2D eigenvalue weighted by molar-refractivity contribution is 8.00. The molecule has 6 nitrogen and oxygen atoms in total. The number of hydrogen-bond acceptors (Lipinski definition) is 6. The Hall–Kier alpha value is -2.95. The molecule has 0 atom stereocenters. The quantitative estimate of drug-likeness (QED) is 0.663. The van der Waals surface area contributed by atoms with Crippen LogP contribution in [0.3, 0.4) is 0 Å². The van der Waals surface area contributed by atoms with E-state index in [2.05, 4.69) is 16.4 Å².